The van der Waals surface area contributed by atoms with E-state index in [1.807, 2.05) is 13.0 Å². The average molecular weight is 244 g/mol. The average Bonchev–Trinajstić information content (AvgIpc) is 2.86. The monoisotopic (exact) mass is 244 g/mol. The summed E-state index contributed by atoms with van der Waals surface area (Å²) >= 11 is 0. The van der Waals surface area contributed by atoms with Crippen molar-refractivity contribution < 1.29 is 4.74 Å². The standard InChI is InChI=1S/C11H12N6O/c1-2-5-18-11-8(13)3-4-10(15-11)17-7-14-9(6-12)16-17/h3-4,7H,2,5,13H2,1H3. The van der Waals surface area contributed by atoms with E-state index in [2.05, 4.69) is 15.1 Å². The normalized spacial score (nSPS) is 10.0. The van der Waals surface area contributed by atoms with Crippen LogP contribution in [-0.2, 0) is 0 Å². The number of nitrogens with zero attached hydrogens (tertiary/aromatic N) is 5. The topological polar surface area (TPSA) is 103 Å². The summed E-state index contributed by atoms with van der Waals surface area (Å²) in [5.41, 5.74) is 6.22. The van der Waals surface area contributed by atoms with Crippen LogP contribution in [0, 0.1) is 11.3 Å². The summed E-state index contributed by atoms with van der Waals surface area (Å²) in [6, 6.07) is 5.22. The minimum absolute atomic E-state index is 0.0876. The number of pyridine rings is 1. The molecular weight excluding hydrogens is 232 g/mol. The lowest BCUT2D eigenvalue weighted by atomic mass is 10.4. The third kappa shape index (κ3) is 2.38. The number of rotatable bonds is 4. The Kier molecular flexibility index (Phi) is 3.38. The van der Waals surface area contributed by atoms with Gasteiger partial charge in [-0.05, 0) is 18.6 Å². The molecule has 18 heavy (non-hydrogen) atoms. The Morgan fingerprint density at radius 1 is 1.50 bits per heavy atom. The predicted octanol–water partition coefficient (Wildman–Crippen LogP) is 0.905. The molecule has 7 nitrogen and oxygen atoms in total. The minimum atomic E-state index is 0.0876. The van der Waals surface area contributed by atoms with E-state index in [-0.39, 0.29) is 5.82 Å². The number of nitrogen functional groups attached to an aromatic ring is 1. The van der Waals surface area contributed by atoms with Gasteiger partial charge in [0.05, 0.1) is 12.3 Å². The first-order chi connectivity index (χ1) is 8.74. The van der Waals surface area contributed by atoms with Gasteiger partial charge >= 0.3 is 0 Å². The molecule has 92 valence electrons. The van der Waals surface area contributed by atoms with Crippen LogP contribution in [0.15, 0.2) is 18.5 Å². The van der Waals surface area contributed by atoms with E-state index in [1.165, 1.54) is 11.0 Å². The lowest BCUT2D eigenvalue weighted by molar-refractivity contribution is 0.307. The highest BCUT2D eigenvalue weighted by Crippen LogP contribution is 2.20. The molecule has 0 unspecified atom stereocenters. The van der Waals surface area contributed by atoms with Gasteiger partial charge in [0.1, 0.15) is 12.4 Å². The lowest BCUT2D eigenvalue weighted by Crippen LogP contribution is -2.05. The van der Waals surface area contributed by atoms with Crippen molar-refractivity contribution in [2.24, 2.45) is 0 Å². The van der Waals surface area contributed by atoms with E-state index in [9.17, 15) is 0 Å². The molecule has 0 fully saturated rings. The molecule has 0 aliphatic carbocycles. The fourth-order valence-electron chi connectivity index (χ4n) is 1.31. The number of nitrogens with two attached hydrogens (primary N) is 1. The molecule has 0 radical (unpaired) electrons. The quantitative estimate of drug-likeness (QED) is 0.857. The Morgan fingerprint density at radius 2 is 2.33 bits per heavy atom. The Bertz CT molecular complexity index is 585. The first kappa shape index (κ1) is 11.9. The first-order valence-corrected chi connectivity index (χ1v) is 5.46. The van der Waals surface area contributed by atoms with Gasteiger partial charge in [0.2, 0.25) is 5.88 Å². The van der Waals surface area contributed by atoms with Gasteiger partial charge in [0.15, 0.2) is 5.82 Å². The van der Waals surface area contributed by atoms with Crippen molar-refractivity contribution in [3.63, 3.8) is 0 Å². The number of anilines is 1. The molecule has 0 aliphatic heterocycles. The second-order valence-electron chi connectivity index (χ2n) is 3.54. The van der Waals surface area contributed by atoms with Crippen LogP contribution < -0.4 is 10.5 Å². The van der Waals surface area contributed by atoms with Crippen molar-refractivity contribution in [1.82, 2.24) is 19.7 Å². The third-order valence-corrected chi connectivity index (χ3v) is 2.14. The van der Waals surface area contributed by atoms with Crippen LogP contribution >= 0.6 is 0 Å². The van der Waals surface area contributed by atoms with Gasteiger partial charge in [-0.25, -0.2) is 9.67 Å². The van der Waals surface area contributed by atoms with E-state index >= 15 is 0 Å². The highest BCUT2D eigenvalue weighted by Gasteiger charge is 2.07. The largest absolute Gasteiger partial charge is 0.476 e. The SMILES string of the molecule is CCCOc1nc(-n2cnc(C#N)n2)ccc1N. The van der Waals surface area contributed by atoms with Gasteiger partial charge in [0, 0.05) is 0 Å². The predicted molar refractivity (Wildman–Crippen MR) is 64.1 cm³/mol. The Balaban J connectivity index is 2.31. The van der Waals surface area contributed by atoms with E-state index in [4.69, 9.17) is 15.7 Å². The van der Waals surface area contributed by atoms with Gasteiger partial charge in [-0.1, -0.05) is 6.92 Å². The second-order valence-corrected chi connectivity index (χ2v) is 3.54. The van der Waals surface area contributed by atoms with Gasteiger partial charge in [-0.3, -0.25) is 0 Å². The molecule has 2 N–H and O–H groups in total. The summed E-state index contributed by atoms with van der Waals surface area (Å²) in [7, 11) is 0. The maximum Gasteiger partial charge on any atom is 0.252 e. The molecule has 2 aromatic heterocycles. The molecule has 7 heteroatoms. The molecule has 0 atom stereocenters. The summed E-state index contributed by atoms with van der Waals surface area (Å²) < 4.78 is 6.82. The van der Waals surface area contributed by atoms with Crippen molar-refractivity contribution in [1.29, 1.82) is 5.26 Å². The van der Waals surface area contributed by atoms with E-state index in [0.717, 1.165) is 6.42 Å². The molecule has 0 saturated heterocycles. The summed E-state index contributed by atoms with van der Waals surface area (Å²) in [4.78, 5) is 8.04. The number of hydrogen-bond donors (Lipinski definition) is 1. The van der Waals surface area contributed by atoms with Crippen LogP contribution in [0.3, 0.4) is 0 Å². The summed E-state index contributed by atoms with van der Waals surface area (Å²) in [5, 5.41) is 12.6. The maximum atomic E-state index is 8.66. The zero-order valence-corrected chi connectivity index (χ0v) is 9.87. The van der Waals surface area contributed by atoms with Crippen molar-refractivity contribution in [2.75, 3.05) is 12.3 Å². The zero-order chi connectivity index (χ0) is 13.0. The van der Waals surface area contributed by atoms with Gasteiger partial charge in [-0.15, -0.1) is 5.10 Å². The Morgan fingerprint density at radius 3 is 3.00 bits per heavy atom. The fraction of sp³-hybridized carbons (Fsp3) is 0.273. The second kappa shape index (κ2) is 5.14. The molecule has 0 saturated carbocycles. The molecule has 2 heterocycles. The molecule has 0 amide bonds. The van der Waals surface area contributed by atoms with Gasteiger partial charge < -0.3 is 10.5 Å². The van der Waals surface area contributed by atoms with E-state index in [0.29, 0.717) is 24.0 Å². The molecule has 0 spiro atoms. The third-order valence-electron chi connectivity index (χ3n) is 2.14. The van der Waals surface area contributed by atoms with Crippen molar-refractivity contribution in [3.05, 3.63) is 24.3 Å². The van der Waals surface area contributed by atoms with Crippen LogP contribution in [0.1, 0.15) is 19.2 Å². The molecule has 0 aliphatic rings. The van der Waals surface area contributed by atoms with Gasteiger partial charge in [-0.2, -0.15) is 10.2 Å². The Hall–Kier alpha value is -2.62. The highest BCUT2D eigenvalue weighted by molar-refractivity contribution is 5.50. The number of aromatic nitrogens is 4. The number of nitriles is 1. The number of hydrogen-bond acceptors (Lipinski definition) is 6. The smallest absolute Gasteiger partial charge is 0.252 e. The van der Waals surface area contributed by atoms with Crippen LogP contribution in [-0.4, -0.2) is 26.4 Å². The highest BCUT2D eigenvalue weighted by atomic mass is 16.5. The van der Waals surface area contributed by atoms with Crippen molar-refractivity contribution in [3.8, 4) is 17.8 Å². The van der Waals surface area contributed by atoms with Crippen LogP contribution in [0.5, 0.6) is 5.88 Å². The van der Waals surface area contributed by atoms with Crippen LogP contribution in [0.4, 0.5) is 5.69 Å². The lowest BCUT2D eigenvalue weighted by Gasteiger charge is -2.08. The van der Waals surface area contributed by atoms with E-state index in [1.54, 1.807) is 12.1 Å². The van der Waals surface area contributed by atoms with Crippen LogP contribution in [0.25, 0.3) is 5.82 Å². The summed E-state index contributed by atoms with van der Waals surface area (Å²) in [6.45, 7) is 2.54. The molecule has 0 aromatic carbocycles. The van der Waals surface area contributed by atoms with Crippen molar-refractivity contribution in [2.45, 2.75) is 13.3 Å². The first-order valence-electron chi connectivity index (χ1n) is 5.46. The molecule has 2 aromatic rings. The van der Waals surface area contributed by atoms with Gasteiger partial charge in [0.25, 0.3) is 5.82 Å². The summed E-state index contributed by atoms with van der Waals surface area (Å²) in [6.07, 6.45) is 2.29. The molecular formula is C11H12N6O. The van der Waals surface area contributed by atoms with Crippen LogP contribution in [0.2, 0.25) is 0 Å². The minimum Gasteiger partial charge on any atom is -0.476 e. The van der Waals surface area contributed by atoms with Crippen molar-refractivity contribution >= 4 is 5.69 Å². The molecule has 0 bridgehead atoms. The number of ether oxygens (including phenoxy) is 1. The summed E-state index contributed by atoms with van der Waals surface area (Å²) in [5.74, 6) is 0.956. The zero-order valence-electron chi connectivity index (χ0n) is 9.87. The van der Waals surface area contributed by atoms with E-state index < -0.39 is 0 Å². The fourth-order valence-corrected chi connectivity index (χ4v) is 1.31. The molecule has 2 rings (SSSR count). The maximum absolute atomic E-state index is 8.66. The Labute approximate surface area is 104 Å².